The number of thiazole rings is 1. The van der Waals surface area contributed by atoms with E-state index in [0.29, 0.717) is 10.8 Å². The number of amides is 1. The number of thiophene rings is 1. The first-order valence-corrected chi connectivity index (χ1v) is 8.17. The number of carboxylic acids is 1. The van der Waals surface area contributed by atoms with Gasteiger partial charge in [0, 0.05) is 11.3 Å². The van der Waals surface area contributed by atoms with Crippen molar-refractivity contribution in [3.05, 3.63) is 38.0 Å². The first-order valence-electron chi connectivity index (χ1n) is 6.47. The molecule has 1 unspecified atom stereocenters. The highest BCUT2D eigenvalue weighted by Gasteiger charge is 2.17. The molecule has 0 aliphatic rings. The lowest BCUT2D eigenvalue weighted by Crippen LogP contribution is -2.26. The van der Waals surface area contributed by atoms with E-state index in [2.05, 4.69) is 24.1 Å². The van der Waals surface area contributed by atoms with E-state index in [1.807, 2.05) is 12.3 Å². The quantitative estimate of drug-likeness (QED) is 0.882. The molecule has 7 heteroatoms. The Labute approximate surface area is 130 Å². The highest BCUT2D eigenvalue weighted by Crippen LogP contribution is 2.23. The number of rotatable bonds is 5. The minimum atomic E-state index is -1.02. The number of nitrogens with one attached hydrogen (secondary N) is 1. The Bertz CT molecular complexity index is 661. The molecule has 0 aromatic carbocycles. The molecule has 2 N–H and O–H groups in total. The second-order valence-corrected chi connectivity index (χ2v) is 6.90. The molecule has 21 heavy (non-hydrogen) atoms. The Kier molecular flexibility index (Phi) is 4.74. The topological polar surface area (TPSA) is 79.3 Å². The van der Waals surface area contributed by atoms with Crippen LogP contribution < -0.4 is 5.32 Å². The van der Waals surface area contributed by atoms with Crippen LogP contribution in [0.1, 0.15) is 62.8 Å². The van der Waals surface area contributed by atoms with Crippen molar-refractivity contribution in [2.45, 2.75) is 32.7 Å². The standard InChI is InChI=1S/C14H16N2O3S2/c1-7(2)13-16-9(6-20-13)8(3)15-12(17)10-4-5-11(21-10)14(18)19/h4-8H,1-3H3,(H,15,17)(H,18,19). The molecule has 0 saturated carbocycles. The van der Waals surface area contributed by atoms with Crippen molar-refractivity contribution in [2.75, 3.05) is 0 Å². The van der Waals surface area contributed by atoms with Crippen LogP contribution in [-0.4, -0.2) is 22.0 Å². The van der Waals surface area contributed by atoms with E-state index < -0.39 is 5.97 Å². The Hall–Kier alpha value is -1.73. The van der Waals surface area contributed by atoms with Gasteiger partial charge < -0.3 is 10.4 Å². The van der Waals surface area contributed by atoms with Crippen molar-refractivity contribution in [1.29, 1.82) is 0 Å². The maximum absolute atomic E-state index is 12.1. The Morgan fingerprint density at radius 1 is 1.24 bits per heavy atom. The van der Waals surface area contributed by atoms with Crippen molar-refractivity contribution in [3.63, 3.8) is 0 Å². The summed E-state index contributed by atoms with van der Waals surface area (Å²) in [6.45, 7) is 6.01. The third-order valence-electron chi connectivity index (χ3n) is 2.87. The summed E-state index contributed by atoms with van der Waals surface area (Å²) in [5, 5.41) is 14.7. The smallest absolute Gasteiger partial charge is 0.345 e. The molecule has 0 aliphatic carbocycles. The van der Waals surface area contributed by atoms with Gasteiger partial charge in [-0.1, -0.05) is 13.8 Å². The summed E-state index contributed by atoms with van der Waals surface area (Å²) in [5.41, 5.74) is 0.826. The van der Waals surface area contributed by atoms with Gasteiger partial charge in [0.15, 0.2) is 0 Å². The van der Waals surface area contributed by atoms with E-state index in [-0.39, 0.29) is 16.8 Å². The van der Waals surface area contributed by atoms with Crippen LogP contribution in [0.15, 0.2) is 17.5 Å². The van der Waals surface area contributed by atoms with Crippen molar-refractivity contribution in [2.24, 2.45) is 0 Å². The van der Waals surface area contributed by atoms with Gasteiger partial charge in [-0.05, 0) is 19.1 Å². The molecule has 2 rings (SSSR count). The molecule has 112 valence electrons. The number of nitrogens with zero attached hydrogens (tertiary/aromatic N) is 1. The van der Waals surface area contributed by atoms with Gasteiger partial charge in [0.1, 0.15) is 4.88 Å². The molecule has 2 aromatic heterocycles. The fourth-order valence-corrected chi connectivity index (χ4v) is 3.36. The molecule has 0 spiro atoms. The fourth-order valence-electron chi connectivity index (χ4n) is 1.68. The van der Waals surface area contributed by atoms with Crippen molar-refractivity contribution in [3.8, 4) is 0 Å². The van der Waals surface area contributed by atoms with Crippen molar-refractivity contribution < 1.29 is 14.7 Å². The average molecular weight is 324 g/mol. The predicted molar refractivity (Wildman–Crippen MR) is 83.4 cm³/mol. The molecule has 2 heterocycles. The molecule has 0 radical (unpaired) electrons. The molecule has 1 atom stereocenters. The summed E-state index contributed by atoms with van der Waals surface area (Å²) < 4.78 is 0. The third-order valence-corrected chi connectivity index (χ3v) is 5.10. The normalized spacial score (nSPS) is 12.4. The van der Waals surface area contributed by atoms with Gasteiger partial charge in [-0.2, -0.15) is 0 Å². The van der Waals surface area contributed by atoms with Gasteiger partial charge in [0.25, 0.3) is 5.91 Å². The molecule has 5 nitrogen and oxygen atoms in total. The third kappa shape index (κ3) is 3.68. The minimum absolute atomic E-state index is 0.156. The van der Waals surface area contributed by atoms with Gasteiger partial charge in [0.2, 0.25) is 0 Å². The number of carbonyl (C=O) groups excluding carboxylic acids is 1. The number of carbonyl (C=O) groups is 2. The van der Waals surface area contributed by atoms with E-state index in [4.69, 9.17) is 5.11 Å². The van der Waals surface area contributed by atoms with Gasteiger partial charge >= 0.3 is 5.97 Å². The van der Waals surface area contributed by atoms with Crippen molar-refractivity contribution >= 4 is 34.6 Å². The highest BCUT2D eigenvalue weighted by molar-refractivity contribution is 7.15. The molecule has 0 saturated heterocycles. The van der Waals surface area contributed by atoms with Crippen molar-refractivity contribution in [1.82, 2.24) is 10.3 Å². The van der Waals surface area contributed by atoms with Gasteiger partial charge in [-0.3, -0.25) is 4.79 Å². The first kappa shape index (κ1) is 15.7. The zero-order valence-electron chi connectivity index (χ0n) is 11.9. The van der Waals surface area contributed by atoms with Crippen LogP contribution in [0.5, 0.6) is 0 Å². The molecule has 0 fully saturated rings. The fraction of sp³-hybridized carbons (Fsp3) is 0.357. The number of hydrogen-bond donors (Lipinski definition) is 2. The van der Waals surface area contributed by atoms with Crippen LogP contribution in [0, 0.1) is 0 Å². The maximum atomic E-state index is 12.1. The Morgan fingerprint density at radius 3 is 2.43 bits per heavy atom. The number of aromatic nitrogens is 1. The lowest BCUT2D eigenvalue weighted by atomic mass is 10.2. The van der Waals surface area contributed by atoms with Crippen LogP contribution >= 0.6 is 22.7 Å². The second-order valence-electron chi connectivity index (χ2n) is 4.93. The van der Waals surface area contributed by atoms with E-state index in [1.165, 1.54) is 12.1 Å². The number of aromatic carboxylic acids is 1. The van der Waals surface area contributed by atoms with Gasteiger partial charge in [0.05, 0.1) is 21.6 Å². The van der Waals surface area contributed by atoms with Gasteiger partial charge in [-0.25, -0.2) is 9.78 Å². The van der Waals surface area contributed by atoms with Crippen LogP contribution in [0.2, 0.25) is 0 Å². The summed E-state index contributed by atoms with van der Waals surface area (Å²) in [6, 6.07) is 2.75. The molecule has 2 aromatic rings. The lowest BCUT2D eigenvalue weighted by molar-refractivity contribution is 0.0702. The molecule has 0 aliphatic heterocycles. The largest absolute Gasteiger partial charge is 0.477 e. The van der Waals surface area contributed by atoms with E-state index in [1.54, 1.807) is 11.3 Å². The summed E-state index contributed by atoms with van der Waals surface area (Å²) in [5.74, 6) is -0.936. The SMILES string of the molecule is CC(C)c1nc(C(C)NC(=O)c2ccc(C(=O)O)s2)cs1. The second kappa shape index (κ2) is 6.36. The summed E-state index contributed by atoms with van der Waals surface area (Å²) in [6.07, 6.45) is 0. The summed E-state index contributed by atoms with van der Waals surface area (Å²) >= 11 is 2.55. The van der Waals surface area contributed by atoms with Crippen LogP contribution in [0.3, 0.4) is 0 Å². The zero-order chi connectivity index (χ0) is 15.6. The first-order chi connectivity index (χ1) is 9.88. The number of carboxylic acid groups (broad SMARTS) is 1. The maximum Gasteiger partial charge on any atom is 0.345 e. The molecule has 1 amide bonds. The minimum Gasteiger partial charge on any atom is -0.477 e. The van der Waals surface area contributed by atoms with E-state index >= 15 is 0 Å². The molecular formula is C14H16N2O3S2. The van der Waals surface area contributed by atoms with Crippen LogP contribution in [-0.2, 0) is 0 Å². The lowest BCUT2D eigenvalue weighted by Gasteiger charge is -2.10. The van der Waals surface area contributed by atoms with Gasteiger partial charge in [-0.15, -0.1) is 22.7 Å². The predicted octanol–water partition coefficient (Wildman–Crippen LogP) is 3.52. The monoisotopic (exact) mass is 324 g/mol. The Morgan fingerprint density at radius 2 is 1.90 bits per heavy atom. The Balaban J connectivity index is 2.05. The van der Waals surface area contributed by atoms with E-state index in [9.17, 15) is 9.59 Å². The van der Waals surface area contributed by atoms with Crippen LogP contribution in [0.4, 0.5) is 0 Å². The molecule has 0 bridgehead atoms. The average Bonchev–Trinajstić information content (AvgIpc) is 3.08. The summed E-state index contributed by atoms with van der Waals surface area (Å²) in [4.78, 5) is 28.0. The zero-order valence-corrected chi connectivity index (χ0v) is 13.5. The summed E-state index contributed by atoms with van der Waals surface area (Å²) in [7, 11) is 0. The van der Waals surface area contributed by atoms with Crippen LogP contribution in [0.25, 0.3) is 0 Å². The highest BCUT2D eigenvalue weighted by atomic mass is 32.1. The number of hydrogen-bond acceptors (Lipinski definition) is 5. The van der Waals surface area contributed by atoms with E-state index in [0.717, 1.165) is 22.0 Å². The molecular weight excluding hydrogens is 308 g/mol.